The molecule has 502 valence electrons. The Morgan fingerprint density at radius 2 is 0.577 bits per heavy atom. The topological polar surface area (TPSA) is 340 Å². The van der Waals surface area contributed by atoms with Gasteiger partial charge in [0.05, 0.1) is 38.9 Å². The van der Waals surface area contributed by atoms with Crippen molar-refractivity contribution in [1.82, 2.24) is 0 Å². The highest BCUT2D eigenvalue weighted by atomic mass is 16.8. The van der Waals surface area contributed by atoms with E-state index < -0.39 is 165 Å². The normalized spacial score (nSPS) is 25.0. The second-order valence-corrected chi connectivity index (χ2v) is 21.8. The average molecular weight is 1330 g/mol. The number of carboxylic acid groups (broad SMARTS) is 1. The van der Waals surface area contributed by atoms with Gasteiger partial charge in [-0.15, -0.1) is 0 Å². The number of aliphatic carboxylic acids is 1. The number of carbonyl (C=O) groups is 10. The first-order valence-corrected chi connectivity index (χ1v) is 30.2. The zero-order valence-electron chi connectivity index (χ0n) is 51.5. The van der Waals surface area contributed by atoms with Crippen LogP contribution in [0.2, 0.25) is 0 Å². The van der Waals surface area contributed by atoms with E-state index in [1.807, 2.05) is 0 Å². The summed E-state index contributed by atoms with van der Waals surface area (Å²) in [5.74, 6) is -11.8. The van der Waals surface area contributed by atoms with E-state index in [0.29, 0.717) is 0 Å². The van der Waals surface area contributed by atoms with Gasteiger partial charge in [0.15, 0.2) is 67.7 Å². The van der Waals surface area contributed by atoms with Gasteiger partial charge in [0.2, 0.25) is 0 Å². The SMILES string of the molecule is CC(=O)O[C@@H]1[C@@H](O[C@@H]2O[C@H](COC(=O)c3ccccc3)[C@@H](O[C@@H]3O[C@H](COC(=O)c4ccccc4)[C@H](OC(=O)c4ccccc4)[C@H](OC(=O)c4ccccc4)[C@H]3OC(=O)c3ccccc3)[C@H](OC(=O)c3ccccc3)[C@H]2OC(=O)c2ccccc2)[C@H](OC(C)=O)[C@@H](C(=O)O)O[C@@H]1O. The van der Waals surface area contributed by atoms with Crippen LogP contribution in [0.5, 0.6) is 0 Å². The van der Waals surface area contributed by atoms with E-state index in [1.165, 1.54) is 158 Å². The number of aliphatic hydroxyl groups excluding tert-OH is 1. The van der Waals surface area contributed by atoms with Gasteiger partial charge in [0.25, 0.3) is 0 Å². The van der Waals surface area contributed by atoms with E-state index in [-0.39, 0.29) is 38.9 Å². The molecule has 0 unspecified atom stereocenters. The molecule has 2 N–H and O–H groups in total. The maximum Gasteiger partial charge on any atom is 0.338 e. The zero-order chi connectivity index (χ0) is 68.5. The van der Waals surface area contributed by atoms with Gasteiger partial charge in [0.1, 0.15) is 37.6 Å². The van der Waals surface area contributed by atoms with Gasteiger partial charge in [-0.1, -0.05) is 127 Å². The van der Waals surface area contributed by atoms with Crippen LogP contribution in [0.3, 0.4) is 0 Å². The molecule has 0 aromatic heterocycles. The summed E-state index contributed by atoms with van der Waals surface area (Å²) in [6.45, 7) is -0.0836. The summed E-state index contributed by atoms with van der Waals surface area (Å²) in [6, 6.07) is 51.7. The smallest absolute Gasteiger partial charge is 0.338 e. The van der Waals surface area contributed by atoms with Crippen molar-refractivity contribution in [3.05, 3.63) is 251 Å². The quantitative estimate of drug-likeness (QED) is 0.0496. The Morgan fingerprint density at radius 1 is 0.309 bits per heavy atom. The molecule has 7 aromatic carbocycles. The van der Waals surface area contributed by atoms with Crippen LogP contribution in [-0.2, 0) is 80.7 Å². The van der Waals surface area contributed by atoms with Crippen molar-refractivity contribution >= 4 is 59.7 Å². The number of hydrogen-bond acceptors (Lipinski definition) is 25. The molecule has 3 aliphatic heterocycles. The van der Waals surface area contributed by atoms with Crippen LogP contribution in [0.15, 0.2) is 212 Å². The summed E-state index contributed by atoms with van der Waals surface area (Å²) in [4.78, 5) is 141. The van der Waals surface area contributed by atoms with Gasteiger partial charge in [0, 0.05) is 13.8 Å². The second kappa shape index (κ2) is 32.4. The lowest BCUT2D eigenvalue weighted by atomic mass is 9.94. The summed E-state index contributed by atoms with van der Waals surface area (Å²) in [5, 5.41) is 22.0. The van der Waals surface area contributed by atoms with Crippen molar-refractivity contribution in [2.24, 2.45) is 0 Å². The fourth-order valence-electron chi connectivity index (χ4n) is 10.7. The van der Waals surface area contributed by atoms with Crippen LogP contribution in [0.4, 0.5) is 0 Å². The van der Waals surface area contributed by atoms with Gasteiger partial charge >= 0.3 is 59.7 Å². The molecule has 3 aliphatic rings. The predicted octanol–water partition coefficient (Wildman–Crippen LogP) is 6.71. The molecule has 26 heteroatoms. The fraction of sp³-hybridized carbons (Fsp3) is 0.268. The van der Waals surface area contributed by atoms with Crippen molar-refractivity contribution in [3.8, 4) is 0 Å². The molecule has 3 fully saturated rings. The Bertz CT molecular complexity index is 3870. The lowest BCUT2D eigenvalue weighted by Gasteiger charge is -2.50. The number of aliphatic hydroxyl groups is 1. The Labute approximate surface area is 552 Å². The number of ether oxygens (including phenoxy) is 14. The molecule has 97 heavy (non-hydrogen) atoms. The first-order valence-electron chi connectivity index (χ1n) is 30.2. The summed E-state index contributed by atoms with van der Waals surface area (Å²) < 4.78 is 86.8. The minimum Gasteiger partial charge on any atom is -0.479 e. The zero-order valence-corrected chi connectivity index (χ0v) is 51.5. The number of esters is 9. The molecule has 0 aliphatic carbocycles. The van der Waals surface area contributed by atoms with Gasteiger partial charge in [-0.25, -0.2) is 38.4 Å². The monoisotopic (exact) mass is 1330 g/mol. The molecular formula is C71H62O26. The highest BCUT2D eigenvalue weighted by Gasteiger charge is 2.61. The number of rotatable bonds is 23. The summed E-state index contributed by atoms with van der Waals surface area (Å²) in [7, 11) is 0. The predicted molar refractivity (Wildman–Crippen MR) is 328 cm³/mol. The second-order valence-electron chi connectivity index (χ2n) is 21.8. The molecule has 10 rings (SSSR count). The van der Waals surface area contributed by atoms with Crippen molar-refractivity contribution in [1.29, 1.82) is 0 Å². The van der Waals surface area contributed by atoms with E-state index in [1.54, 1.807) is 54.6 Å². The lowest BCUT2D eigenvalue weighted by Crippen LogP contribution is -2.69. The van der Waals surface area contributed by atoms with Crippen LogP contribution in [0.1, 0.15) is 86.4 Å². The Balaban J connectivity index is 1.18. The molecule has 3 saturated heterocycles. The van der Waals surface area contributed by atoms with Gasteiger partial charge in [-0.2, -0.15) is 0 Å². The summed E-state index contributed by atoms with van der Waals surface area (Å²) in [5.41, 5.74) is -0.534. The molecule has 0 radical (unpaired) electrons. The molecule has 0 saturated carbocycles. The Morgan fingerprint density at radius 3 is 0.897 bits per heavy atom. The third-order valence-corrected chi connectivity index (χ3v) is 15.2. The molecule has 26 nitrogen and oxygen atoms in total. The maximum atomic E-state index is 15.0. The van der Waals surface area contributed by atoms with E-state index in [0.717, 1.165) is 13.8 Å². The van der Waals surface area contributed by atoms with E-state index in [9.17, 15) is 58.2 Å². The Hall–Kier alpha value is -11.0. The minimum absolute atomic E-state index is 0.0230. The van der Waals surface area contributed by atoms with Crippen LogP contribution in [-0.4, -0.2) is 175 Å². The largest absolute Gasteiger partial charge is 0.479 e. The molecule has 7 aromatic rings. The number of carboxylic acids is 1. The van der Waals surface area contributed by atoms with Crippen molar-refractivity contribution in [2.45, 2.75) is 106 Å². The number of hydrogen-bond donors (Lipinski definition) is 2. The highest BCUT2D eigenvalue weighted by Crippen LogP contribution is 2.39. The molecule has 3 heterocycles. The first kappa shape index (κ1) is 68.8. The highest BCUT2D eigenvalue weighted by molar-refractivity contribution is 5.93. The summed E-state index contributed by atoms with van der Waals surface area (Å²) in [6.07, 6.45) is -32.6. The molecule has 0 bridgehead atoms. The Kier molecular flexibility index (Phi) is 23.0. The van der Waals surface area contributed by atoms with Crippen LogP contribution < -0.4 is 0 Å². The van der Waals surface area contributed by atoms with E-state index >= 15 is 0 Å². The maximum absolute atomic E-state index is 15.0. The van der Waals surface area contributed by atoms with Crippen molar-refractivity contribution in [2.75, 3.05) is 13.2 Å². The average Bonchev–Trinajstić information content (AvgIpc) is 0.763. The third-order valence-electron chi connectivity index (χ3n) is 15.2. The van der Waals surface area contributed by atoms with Crippen LogP contribution >= 0.6 is 0 Å². The minimum atomic E-state index is -2.38. The lowest BCUT2D eigenvalue weighted by molar-refractivity contribution is -0.374. The molecule has 15 atom stereocenters. The van der Waals surface area contributed by atoms with Gasteiger partial charge in [-0.3, -0.25) is 9.59 Å². The number of carbonyl (C=O) groups excluding carboxylic acids is 9. The van der Waals surface area contributed by atoms with Gasteiger partial charge in [-0.05, 0) is 84.9 Å². The van der Waals surface area contributed by atoms with E-state index in [2.05, 4.69) is 0 Å². The van der Waals surface area contributed by atoms with Crippen LogP contribution in [0.25, 0.3) is 0 Å². The third kappa shape index (κ3) is 17.5. The molecule has 0 spiro atoms. The molecule has 0 amide bonds. The number of benzene rings is 7. The fourth-order valence-corrected chi connectivity index (χ4v) is 10.7. The van der Waals surface area contributed by atoms with Crippen molar-refractivity contribution < 1.29 is 124 Å². The van der Waals surface area contributed by atoms with Crippen molar-refractivity contribution in [3.63, 3.8) is 0 Å². The van der Waals surface area contributed by atoms with E-state index in [4.69, 9.17) is 66.3 Å². The molecular weight excluding hydrogens is 1270 g/mol. The summed E-state index contributed by atoms with van der Waals surface area (Å²) >= 11 is 0. The first-order chi connectivity index (χ1) is 46.9. The standard InChI is InChI=1S/C71H62O26/c1-40(72)86-55-56(58(87-41(2)73)69(83)93-57(55)61(74)75)97-71-60(95-68(82)48-36-22-9-23-37-48)54(92-66(80)46-32-18-7-19-33-46)52(50(89-71)39-85-63(77)43-26-12-4-13-27-43)96-70-59(94-67(81)47-34-20-8-21-35-47)53(91-65(79)45-30-16-6-17-31-45)51(90-64(78)44-28-14-5-15-29-44)49(88-70)38-84-62(76)42-24-10-3-11-25-42/h3-37,49-60,69-71,83H,38-39H2,1-2H3,(H,74,75)/t49-,50-,51+,52-,53+,54+,55+,56+,57+,58-,59-,60-,69+,70+,71+/m1/s1. The van der Waals surface area contributed by atoms with Crippen LogP contribution in [0, 0.1) is 0 Å². The van der Waals surface area contributed by atoms with Gasteiger partial charge < -0.3 is 76.5 Å².